The molecule has 0 aromatic carbocycles. The standard InChI is InChI=1S/C68H130O6/c1-4-7-10-13-16-19-22-24-26-28-30-32-33-34-35-36-38-39-41-43-46-49-52-55-58-61-67(70)73-64-65(63-72-66(69)60-57-54-51-48-45-21-18-15-12-9-6-3)74-68(71)62-59-56-53-50-47-44-42-40-37-31-29-27-25-23-20-17-14-11-8-5-2/h15,18,65H,4-14,16-17,19-64H2,1-3H3/b18-15-. The van der Waals surface area contributed by atoms with Gasteiger partial charge in [0.15, 0.2) is 6.10 Å². The first-order chi connectivity index (χ1) is 36.5. The summed E-state index contributed by atoms with van der Waals surface area (Å²) < 4.78 is 16.9. The Kier molecular flexibility index (Phi) is 62.1. The van der Waals surface area contributed by atoms with Crippen LogP contribution in [0, 0.1) is 0 Å². The van der Waals surface area contributed by atoms with Crippen molar-refractivity contribution in [1.29, 1.82) is 0 Å². The van der Waals surface area contributed by atoms with Gasteiger partial charge in [-0.25, -0.2) is 0 Å². The van der Waals surface area contributed by atoms with E-state index in [4.69, 9.17) is 14.2 Å². The van der Waals surface area contributed by atoms with Gasteiger partial charge in [0.1, 0.15) is 13.2 Å². The molecule has 6 nitrogen and oxygen atoms in total. The fourth-order valence-corrected chi connectivity index (χ4v) is 10.4. The van der Waals surface area contributed by atoms with E-state index in [0.29, 0.717) is 19.3 Å². The minimum Gasteiger partial charge on any atom is -0.462 e. The lowest BCUT2D eigenvalue weighted by atomic mass is 10.0. The molecule has 0 aliphatic heterocycles. The lowest BCUT2D eigenvalue weighted by Crippen LogP contribution is -2.30. The normalized spacial score (nSPS) is 12.0. The van der Waals surface area contributed by atoms with Crippen molar-refractivity contribution in [2.45, 2.75) is 393 Å². The molecule has 74 heavy (non-hydrogen) atoms. The lowest BCUT2D eigenvalue weighted by Gasteiger charge is -2.18. The Labute approximate surface area is 462 Å². The number of carbonyl (C=O) groups is 3. The molecule has 0 N–H and O–H groups in total. The van der Waals surface area contributed by atoms with Gasteiger partial charge >= 0.3 is 17.9 Å². The molecule has 1 atom stereocenters. The molecule has 0 aliphatic carbocycles. The van der Waals surface area contributed by atoms with Crippen molar-refractivity contribution in [3.8, 4) is 0 Å². The lowest BCUT2D eigenvalue weighted by molar-refractivity contribution is -0.167. The van der Waals surface area contributed by atoms with E-state index in [9.17, 15) is 14.4 Å². The summed E-state index contributed by atoms with van der Waals surface area (Å²) in [7, 11) is 0. The SMILES string of the molecule is CCCC/C=C\CCCCCCCC(=O)OCC(COC(=O)CCCCCCCCCCCCCCCCCCCCCCCCCCC)OC(=O)CCCCCCCCCCCCCCCCCCCCCC. The molecule has 0 heterocycles. The van der Waals surface area contributed by atoms with Gasteiger partial charge in [-0.3, -0.25) is 14.4 Å². The first-order valence-electron chi connectivity index (χ1n) is 33.7. The van der Waals surface area contributed by atoms with Crippen LogP contribution in [0.1, 0.15) is 387 Å². The van der Waals surface area contributed by atoms with Crippen LogP contribution in [0.15, 0.2) is 12.2 Å². The summed E-state index contributed by atoms with van der Waals surface area (Å²) in [6, 6.07) is 0. The molecule has 1 unspecified atom stereocenters. The number of allylic oxidation sites excluding steroid dienone is 2. The van der Waals surface area contributed by atoms with Crippen molar-refractivity contribution in [3.63, 3.8) is 0 Å². The fourth-order valence-electron chi connectivity index (χ4n) is 10.4. The van der Waals surface area contributed by atoms with Gasteiger partial charge in [-0.1, -0.05) is 341 Å². The number of hydrogen-bond donors (Lipinski definition) is 0. The number of carbonyl (C=O) groups excluding carboxylic acids is 3. The maximum absolute atomic E-state index is 12.9. The maximum atomic E-state index is 12.9. The van der Waals surface area contributed by atoms with E-state index in [1.54, 1.807) is 0 Å². The van der Waals surface area contributed by atoms with Gasteiger partial charge < -0.3 is 14.2 Å². The predicted octanol–water partition coefficient (Wildman–Crippen LogP) is 22.8. The molecule has 0 saturated carbocycles. The third kappa shape index (κ3) is 61.0. The Morgan fingerprint density at radius 2 is 0.459 bits per heavy atom. The summed E-state index contributed by atoms with van der Waals surface area (Å²) in [5.74, 6) is -0.845. The van der Waals surface area contributed by atoms with Crippen molar-refractivity contribution >= 4 is 17.9 Å². The molecule has 6 heteroatoms. The highest BCUT2D eigenvalue weighted by atomic mass is 16.6. The quantitative estimate of drug-likeness (QED) is 0.0261. The highest BCUT2D eigenvalue weighted by Crippen LogP contribution is 2.19. The van der Waals surface area contributed by atoms with Crippen LogP contribution in [-0.4, -0.2) is 37.2 Å². The monoisotopic (exact) mass is 1040 g/mol. The van der Waals surface area contributed by atoms with E-state index in [0.717, 1.165) is 64.2 Å². The maximum Gasteiger partial charge on any atom is 0.306 e. The van der Waals surface area contributed by atoms with Crippen molar-refractivity contribution < 1.29 is 28.6 Å². The minimum atomic E-state index is -0.769. The summed E-state index contributed by atoms with van der Waals surface area (Å²) in [6.45, 7) is 6.68. The Morgan fingerprint density at radius 3 is 0.716 bits per heavy atom. The Hall–Kier alpha value is -1.85. The number of rotatable bonds is 63. The molecule has 0 bridgehead atoms. The van der Waals surface area contributed by atoms with E-state index in [2.05, 4.69) is 32.9 Å². The summed E-state index contributed by atoms with van der Waals surface area (Å²) in [6.07, 6.45) is 75.3. The summed E-state index contributed by atoms with van der Waals surface area (Å²) >= 11 is 0. The second kappa shape index (κ2) is 63.7. The number of unbranched alkanes of at least 4 members (excludes halogenated alkanes) is 50. The number of esters is 3. The number of hydrogen-bond acceptors (Lipinski definition) is 6. The zero-order chi connectivity index (χ0) is 53.6. The van der Waals surface area contributed by atoms with Crippen molar-refractivity contribution in [2.24, 2.45) is 0 Å². The zero-order valence-electron chi connectivity index (χ0n) is 50.4. The van der Waals surface area contributed by atoms with Gasteiger partial charge in [0.25, 0.3) is 0 Å². The van der Waals surface area contributed by atoms with Gasteiger partial charge in [-0.05, 0) is 38.5 Å². The smallest absolute Gasteiger partial charge is 0.306 e. The predicted molar refractivity (Wildman–Crippen MR) is 321 cm³/mol. The Balaban J connectivity index is 4.16. The van der Waals surface area contributed by atoms with Crippen LogP contribution >= 0.6 is 0 Å². The molecular formula is C68H130O6. The van der Waals surface area contributed by atoms with Gasteiger partial charge in [-0.15, -0.1) is 0 Å². The third-order valence-electron chi connectivity index (χ3n) is 15.5. The summed E-state index contributed by atoms with van der Waals surface area (Å²) in [5.41, 5.74) is 0. The molecule has 0 amide bonds. The average Bonchev–Trinajstić information content (AvgIpc) is 3.40. The summed E-state index contributed by atoms with van der Waals surface area (Å²) in [5, 5.41) is 0. The van der Waals surface area contributed by atoms with E-state index in [-0.39, 0.29) is 31.1 Å². The molecule has 0 spiro atoms. The van der Waals surface area contributed by atoms with Crippen LogP contribution in [0.25, 0.3) is 0 Å². The Bertz CT molecular complexity index is 1150. The third-order valence-corrected chi connectivity index (χ3v) is 15.5. The molecule has 0 fully saturated rings. The first kappa shape index (κ1) is 72.2. The largest absolute Gasteiger partial charge is 0.462 e. The molecule has 0 aliphatic rings. The minimum absolute atomic E-state index is 0.0660. The van der Waals surface area contributed by atoms with Crippen molar-refractivity contribution in [2.75, 3.05) is 13.2 Å². The van der Waals surface area contributed by atoms with E-state index in [1.807, 2.05) is 0 Å². The van der Waals surface area contributed by atoms with Crippen LogP contribution in [0.5, 0.6) is 0 Å². The van der Waals surface area contributed by atoms with Crippen LogP contribution < -0.4 is 0 Å². The van der Waals surface area contributed by atoms with Gasteiger partial charge in [-0.2, -0.15) is 0 Å². The number of ether oxygens (including phenoxy) is 3. The Morgan fingerprint density at radius 1 is 0.257 bits per heavy atom. The van der Waals surface area contributed by atoms with Gasteiger partial charge in [0.2, 0.25) is 0 Å². The molecule has 0 saturated heterocycles. The fraction of sp³-hybridized carbons (Fsp3) is 0.926. The average molecular weight is 1040 g/mol. The first-order valence-corrected chi connectivity index (χ1v) is 33.7. The molecule has 0 aromatic heterocycles. The molecule has 438 valence electrons. The zero-order valence-corrected chi connectivity index (χ0v) is 50.4. The molecular weight excluding hydrogens is 913 g/mol. The van der Waals surface area contributed by atoms with E-state index < -0.39 is 6.10 Å². The van der Waals surface area contributed by atoms with Crippen molar-refractivity contribution in [1.82, 2.24) is 0 Å². The van der Waals surface area contributed by atoms with E-state index in [1.165, 1.54) is 283 Å². The molecule has 0 rings (SSSR count). The highest BCUT2D eigenvalue weighted by molar-refractivity contribution is 5.71. The topological polar surface area (TPSA) is 78.9 Å². The second-order valence-electron chi connectivity index (χ2n) is 23.1. The highest BCUT2D eigenvalue weighted by Gasteiger charge is 2.19. The van der Waals surface area contributed by atoms with Gasteiger partial charge in [0, 0.05) is 19.3 Å². The van der Waals surface area contributed by atoms with Crippen LogP contribution in [-0.2, 0) is 28.6 Å². The van der Waals surface area contributed by atoms with Crippen LogP contribution in [0.3, 0.4) is 0 Å². The van der Waals surface area contributed by atoms with Crippen molar-refractivity contribution in [3.05, 3.63) is 12.2 Å². The summed E-state index contributed by atoms with van der Waals surface area (Å²) in [4.78, 5) is 38.3. The van der Waals surface area contributed by atoms with Crippen LogP contribution in [0.4, 0.5) is 0 Å². The second-order valence-corrected chi connectivity index (χ2v) is 23.1. The molecule has 0 radical (unpaired) electrons. The van der Waals surface area contributed by atoms with Crippen LogP contribution in [0.2, 0.25) is 0 Å². The van der Waals surface area contributed by atoms with Gasteiger partial charge in [0.05, 0.1) is 0 Å². The molecule has 0 aromatic rings. The van der Waals surface area contributed by atoms with E-state index >= 15 is 0 Å².